The van der Waals surface area contributed by atoms with Gasteiger partial charge in [-0.3, -0.25) is 9.89 Å². The fraction of sp³-hybridized carbons (Fsp3) is 0.500. The Balaban J connectivity index is 2.13. The number of nitrogens with zero attached hydrogens (tertiary/aromatic N) is 4. The van der Waals surface area contributed by atoms with Gasteiger partial charge in [0.1, 0.15) is 5.82 Å². The van der Waals surface area contributed by atoms with Gasteiger partial charge in [0.15, 0.2) is 5.65 Å². The number of anilines is 2. The lowest BCUT2D eigenvalue weighted by atomic mass is 10.3. The fourth-order valence-electron chi connectivity index (χ4n) is 1.86. The number of rotatable bonds is 7. The molecular formula is C12H19N7O2. The molecule has 0 bridgehead atoms. The van der Waals surface area contributed by atoms with E-state index in [1.54, 1.807) is 32.3 Å². The molecule has 0 unspecified atom stereocenters. The van der Waals surface area contributed by atoms with E-state index in [1.807, 2.05) is 0 Å². The average Bonchev–Trinajstić information content (AvgIpc) is 2.94. The van der Waals surface area contributed by atoms with Crippen molar-refractivity contribution < 1.29 is 9.53 Å². The van der Waals surface area contributed by atoms with Crippen molar-refractivity contribution >= 4 is 28.7 Å². The number of H-pyrrole nitrogens is 1. The standard InChI is InChI=1S/C12H19N7O2/c1-13-12-16-10-8(6-15-18-10)11(17-12)19(2)7-9(20)14-4-5-21-3/h6H,4-5,7H2,1-3H3,(H,14,20)(H2,13,15,16,17,18). The topological polar surface area (TPSA) is 108 Å². The van der Waals surface area contributed by atoms with E-state index in [0.717, 1.165) is 5.39 Å². The van der Waals surface area contributed by atoms with Crippen molar-refractivity contribution in [3.63, 3.8) is 0 Å². The van der Waals surface area contributed by atoms with Gasteiger partial charge in [-0.2, -0.15) is 15.1 Å². The van der Waals surface area contributed by atoms with Crippen LogP contribution in [-0.4, -0.2) is 67.0 Å². The van der Waals surface area contributed by atoms with Crippen LogP contribution in [0.1, 0.15) is 0 Å². The molecule has 0 aliphatic carbocycles. The normalized spacial score (nSPS) is 10.6. The highest BCUT2D eigenvalue weighted by Gasteiger charge is 2.15. The lowest BCUT2D eigenvalue weighted by molar-refractivity contribution is -0.119. The van der Waals surface area contributed by atoms with Crippen molar-refractivity contribution in [2.24, 2.45) is 0 Å². The van der Waals surface area contributed by atoms with Gasteiger partial charge in [-0.05, 0) is 0 Å². The summed E-state index contributed by atoms with van der Waals surface area (Å²) < 4.78 is 4.89. The van der Waals surface area contributed by atoms with Gasteiger partial charge in [-0.1, -0.05) is 0 Å². The molecule has 0 fully saturated rings. The van der Waals surface area contributed by atoms with Crippen LogP contribution in [0, 0.1) is 0 Å². The Kier molecular flexibility index (Phi) is 4.88. The van der Waals surface area contributed by atoms with E-state index in [4.69, 9.17) is 4.74 Å². The largest absolute Gasteiger partial charge is 0.383 e. The number of aromatic amines is 1. The second-order valence-corrected chi connectivity index (χ2v) is 4.45. The average molecular weight is 293 g/mol. The Labute approximate surface area is 122 Å². The lowest BCUT2D eigenvalue weighted by Crippen LogP contribution is -2.37. The molecule has 9 nitrogen and oxygen atoms in total. The molecule has 0 spiro atoms. The van der Waals surface area contributed by atoms with Crippen molar-refractivity contribution in [3.8, 4) is 0 Å². The first kappa shape index (κ1) is 15.0. The Morgan fingerprint density at radius 2 is 2.29 bits per heavy atom. The number of hydrogen-bond acceptors (Lipinski definition) is 7. The van der Waals surface area contributed by atoms with Crippen LogP contribution in [0.5, 0.6) is 0 Å². The molecule has 9 heteroatoms. The van der Waals surface area contributed by atoms with Crippen LogP contribution in [0.2, 0.25) is 0 Å². The molecule has 0 radical (unpaired) electrons. The van der Waals surface area contributed by atoms with Crippen LogP contribution in [0.4, 0.5) is 11.8 Å². The second kappa shape index (κ2) is 6.84. The summed E-state index contributed by atoms with van der Waals surface area (Å²) in [4.78, 5) is 22.2. The van der Waals surface area contributed by atoms with Gasteiger partial charge in [0.05, 0.1) is 24.7 Å². The lowest BCUT2D eigenvalue weighted by Gasteiger charge is -2.18. The van der Waals surface area contributed by atoms with Gasteiger partial charge >= 0.3 is 0 Å². The monoisotopic (exact) mass is 293 g/mol. The number of carbonyl (C=O) groups is 1. The fourth-order valence-corrected chi connectivity index (χ4v) is 1.86. The van der Waals surface area contributed by atoms with Gasteiger partial charge in [0, 0.05) is 27.7 Å². The van der Waals surface area contributed by atoms with E-state index in [9.17, 15) is 4.79 Å². The maximum absolute atomic E-state index is 11.8. The van der Waals surface area contributed by atoms with Crippen molar-refractivity contribution in [1.29, 1.82) is 0 Å². The third kappa shape index (κ3) is 3.57. The maximum atomic E-state index is 11.8. The summed E-state index contributed by atoms with van der Waals surface area (Å²) >= 11 is 0. The zero-order chi connectivity index (χ0) is 15.2. The summed E-state index contributed by atoms with van der Waals surface area (Å²) in [7, 11) is 5.12. The molecule has 2 heterocycles. The third-order valence-corrected chi connectivity index (χ3v) is 2.88. The van der Waals surface area contributed by atoms with Gasteiger partial charge in [-0.25, -0.2) is 0 Å². The number of aromatic nitrogens is 4. The summed E-state index contributed by atoms with van der Waals surface area (Å²) in [5.41, 5.74) is 0.621. The summed E-state index contributed by atoms with van der Waals surface area (Å²) in [6.45, 7) is 1.15. The molecule has 2 aromatic rings. The summed E-state index contributed by atoms with van der Waals surface area (Å²) in [5, 5.41) is 13.2. The van der Waals surface area contributed by atoms with Crippen molar-refractivity contribution in [2.75, 3.05) is 51.1 Å². The first-order valence-electron chi connectivity index (χ1n) is 6.51. The molecule has 2 rings (SSSR count). The number of hydrogen-bond donors (Lipinski definition) is 3. The quantitative estimate of drug-likeness (QED) is 0.596. The third-order valence-electron chi connectivity index (χ3n) is 2.88. The van der Waals surface area contributed by atoms with Crippen molar-refractivity contribution in [1.82, 2.24) is 25.5 Å². The molecule has 1 amide bonds. The number of ether oxygens (including phenoxy) is 1. The number of carbonyl (C=O) groups excluding carboxylic acids is 1. The second-order valence-electron chi connectivity index (χ2n) is 4.45. The summed E-state index contributed by atoms with van der Waals surface area (Å²) in [5.74, 6) is 1.00. The number of methoxy groups -OCH3 is 1. The molecule has 0 aliphatic rings. The van der Waals surface area contributed by atoms with E-state index in [1.165, 1.54) is 0 Å². The minimum Gasteiger partial charge on any atom is -0.383 e. The predicted octanol–water partition coefficient (Wildman–Crippen LogP) is -0.407. The minimum atomic E-state index is -0.101. The van der Waals surface area contributed by atoms with Crippen molar-refractivity contribution in [2.45, 2.75) is 0 Å². The van der Waals surface area contributed by atoms with Gasteiger partial charge < -0.3 is 20.3 Å². The van der Waals surface area contributed by atoms with Crippen LogP contribution >= 0.6 is 0 Å². The van der Waals surface area contributed by atoms with Crippen molar-refractivity contribution in [3.05, 3.63) is 6.20 Å². The van der Waals surface area contributed by atoms with E-state index < -0.39 is 0 Å². The molecule has 0 saturated heterocycles. The highest BCUT2D eigenvalue weighted by molar-refractivity contribution is 5.90. The Hall–Kier alpha value is -2.42. The SMILES string of the molecule is CNc1nc(N(C)CC(=O)NCCOC)c2cn[nH]c2n1. The van der Waals surface area contributed by atoms with Crippen LogP contribution in [0.15, 0.2) is 6.20 Å². The highest BCUT2D eigenvalue weighted by atomic mass is 16.5. The molecule has 0 aromatic carbocycles. The molecule has 0 atom stereocenters. The molecular weight excluding hydrogens is 274 g/mol. The van der Waals surface area contributed by atoms with Gasteiger partial charge in [0.2, 0.25) is 11.9 Å². The minimum absolute atomic E-state index is 0.101. The molecule has 21 heavy (non-hydrogen) atoms. The number of nitrogens with one attached hydrogen (secondary N) is 3. The first-order chi connectivity index (χ1) is 10.2. The van der Waals surface area contributed by atoms with Crippen LogP contribution in [0.3, 0.4) is 0 Å². The zero-order valence-electron chi connectivity index (χ0n) is 12.3. The van der Waals surface area contributed by atoms with Gasteiger partial charge in [-0.15, -0.1) is 0 Å². The predicted molar refractivity (Wildman–Crippen MR) is 79.4 cm³/mol. The van der Waals surface area contributed by atoms with E-state index in [2.05, 4.69) is 30.8 Å². The molecule has 3 N–H and O–H groups in total. The molecule has 2 aromatic heterocycles. The Bertz CT molecular complexity index is 613. The van der Waals surface area contributed by atoms with Crippen LogP contribution < -0.4 is 15.5 Å². The maximum Gasteiger partial charge on any atom is 0.239 e. The van der Waals surface area contributed by atoms with Crippen LogP contribution in [0.25, 0.3) is 11.0 Å². The van der Waals surface area contributed by atoms with E-state index in [-0.39, 0.29) is 12.5 Å². The molecule has 114 valence electrons. The summed E-state index contributed by atoms with van der Waals surface area (Å²) in [6.07, 6.45) is 1.64. The first-order valence-corrected chi connectivity index (χ1v) is 6.51. The molecule has 0 saturated carbocycles. The Morgan fingerprint density at radius 1 is 1.48 bits per heavy atom. The summed E-state index contributed by atoms with van der Waals surface area (Å²) in [6, 6.07) is 0. The smallest absolute Gasteiger partial charge is 0.239 e. The van der Waals surface area contributed by atoms with Gasteiger partial charge in [0.25, 0.3) is 0 Å². The molecule has 0 aliphatic heterocycles. The van der Waals surface area contributed by atoms with E-state index in [0.29, 0.717) is 30.6 Å². The van der Waals surface area contributed by atoms with E-state index >= 15 is 0 Å². The zero-order valence-corrected chi connectivity index (χ0v) is 12.3. The Morgan fingerprint density at radius 3 is 3.00 bits per heavy atom. The number of amides is 1. The van der Waals surface area contributed by atoms with Crippen LogP contribution in [-0.2, 0) is 9.53 Å². The number of fused-ring (bicyclic) bond motifs is 1. The highest BCUT2D eigenvalue weighted by Crippen LogP contribution is 2.22. The number of likely N-dealkylation sites (N-methyl/N-ethyl adjacent to an activating group) is 1.